The molecule has 3 rings (SSSR count). The maximum absolute atomic E-state index is 12.4. The van der Waals surface area contributed by atoms with Gasteiger partial charge in [-0.25, -0.2) is 15.0 Å². The van der Waals surface area contributed by atoms with Crippen molar-refractivity contribution in [2.75, 3.05) is 6.61 Å². The molecule has 0 saturated heterocycles. The van der Waals surface area contributed by atoms with Gasteiger partial charge in [-0.2, -0.15) is 5.10 Å². The van der Waals surface area contributed by atoms with Crippen molar-refractivity contribution >= 4 is 29.9 Å². The Morgan fingerprint density at radius 1 is 1.00 bits per heavy atom. The van der Waals surface area contributed by atoms with Crippen LogP contribution >= 0.6 is 11.6 Å². The Balaban J connectivity index is 1.60. The Morgan fingerprint density at radius 3 is 2.47 bits per heavy atom. The first-order chi connectivity index (χ1) is 15.5. The fraction of sp³-hybridized carbons (Fsp3) is 0.125. The van der Waals surface area contributed by atoms with Crippen molar-refractivity contribution in [2.24, 2.45) is 5.10 Å². The summed E-state index contributed by atoms with van der Waals surface area (Å²) in [7, 11) is 0. The highest BCUT2D eigenvalue weighted by atomic mass is 35.5. The number of esters is 1. The average molecular weight is 453 g/mol. The second-order valence-corrected chi connectivity index (χ2v) is 6.90. The van der Waals surface area contributed by atoms with Gasteiger partial charge in [0.1, 0.15) is 6.61 Å². The molecule has 0 aliphatic heterocycles. The zero-order valence-corrected chi connectivity index (χ0v) is 18.0. The Bertz CT molecular complexity index is 1090. The van der Waals surface area contributed by atoms with Crippen molar-refractivity contribution in [1.82, 2.24) is 5.43 Å². The molecule has 7 nitrogen and oxygen atoms in total. The molecule has 0 spiro atoms. The van der Waals surface area contributed by atoms with E-state index in [1.807, 2.05) is 37.3 Å². The molecule has 0 radical (unpaired) electrons. The fourth-order valence-electron chi connectivity index (χ4n) is 2.62. The minimum Gasteiger partial charge on any atom is -0.490 e. The van der Waals surface area contributed by atoms with Gasteiger partial charge in [0.15, 0.2) is 11.5 Å². The van der Waals surface area contributed by atoms with Gasteiger partial charge in [0.05, 0.1) is 18.4 Å². The number of ether oxygens (including phenoxy) is 3. The van der Waals surface area contributed by atoms with E-state index in [1.54, 1.807) is 42.5 Å². The highest BCUT2D eigenvalue weighted by Gasteiger charge is 2.13. The highest BCUT2D eigenvalue weighted by Crippen LogP contribution is 2.29. The summed E-state index contributed by atoms with van der Waals surface area (Å²) in [6.07, 6.45) is 0.750. The third-order valence-electron chi connectivity index (χ3n) is 4.13. The number of carbonyl (C=O) groups is 2. The monoisotopic (exact) mass is 452 g/mol. The van der Waals surface area contributed by atoms with Crippen LogP contribution in [0.15, 0.2) is 77.9 Å². The van der Waals surface area contributed by atoms with Crippen molar-refractivity contribution < 1.29 is 23.8 Å². The van der Waals surface area contributed by atoms with Gasteiger partial charge in [0, 0.05) is 5.02 Å². The SMILES string of the molecule is CCOc1cc(/C=N/NC(=O)OCc2ccccc2)ccc1OC(=O)c1ccc(Cl)cc1. The zero-order valence-electron chi connectivity index (χ0n) is 17.3. The summed E-state index contributed by atoms with van der Waals surface area (Å²) in [5, 5.41) is 4.40. The maximum atomic E-state index is 12.4. The molecule has 0 aliphatic rings. The summed E-state index contributed by atoms with van der Waals surface area (Å²) >= 11 is 5.85. The number of nitrogens with zero attached hydrogens (tertiary/aromatic N) is 1. The van der Waals surface area contributed by atoms with E-state index in [-0.39, 0.29) is 12.4 Å². The first-order valence-electron chi connectivity index (χ1n) is 9.79. The van der Waals surface area contributed by atoms with Gasteiger partial charge >= 0.3 is 12.1 Å². The summed E-state index contributed by atoms with van der Waals surface area (Å²) < 4.78 is 16.1. The predicted molar refractivity (Wildman–Crippen MR) is 121 cm³/mol. The molecular formula is C24H21ClN2O5. The topological polar surface area (TPSA) is 86.2 Å². The molecule has 0 bridgehead atoms. The van der Waals surface area contributed by atoms with Crippen LogP contribution in [0.4, 0.5) is 4.79 Å². The third-order valence-corrected chi connectivity index (χ3v) is 4.38. The Kier molecular flexibility index (Phi) is 8.22. The number of hydrazone groups is 1. The first kappa shape index (κ1) is 22.8. The lowest BCUT2D eigenvalue weighted by atomic mass is 10.2. The highest BCUT2D eigenvalue weighted by molar-refractivity contribution is 6.30. The van der Waals surface area contributed by atoms with Crippen LogP contribution in [-0.4, -0.2) is 24.9 Å². The minimum absolute atomic E-state index is 0.143. The molecule has 3 aromatic carbocycles. The van der Waals surface area contributed by atoms with Crippen molar-refractivity contribution in [3.05, 3.63) is 94.5 Å². The van der Waals surface area contributed by atoms with Crippen LogP contribution in [0.3, 0.4) is 0 Å². The molecule has 0 heterocycles. The number of rotatable bonds is 8. The molecule has 0 aromatic heterocycles. The zero-order chi connectivity index (χ0) is 22.8. The Labute approximate surface area is 190 Å². The first-order valence-corrected chi connectivity index (χ1v) is 10.2. The van der Waals surface area contributed by atoms with Crippen LogP contribution in [0.1, 0.15) is 28.4 Å². The summed E-state index contributed by atoms with van der Waals surface area (Å²) in [5.74, 6) is 0.0939. The van der Waals surface area contributed by atoms with E-state index in [4.69, 9.17) is 25.8 Å². The van der Waals surface area contributed by atoms with Gasteiger partial charge in [0.2, 0.25) is 0 Å². The van der Waals surface area contributed by atoms with Gasteiger partial charge in [-0.1, -0.05) is 41.9 Å². The van der Waals surface area contributed by atoms with Crippen molar-refractivity contribution in [3.8, 4) is 11.5 Å². The number of amides is 1. The lowest BCUT2D eigenvalue weighted by Gasteiger charge is -2.11. The number of nitrogens with one attached hydrogen (secondary N) is 1. The summed E-state index contributed by atoms with van der Waals surface area (Å²) in [5.41, 5.74) is 4.16. The smallest absolute Gasteiger partial charge is 0.428 e. The lowest BCUT2D eigenvalue weighted by molar-refractivity contribution is 0.0728. The third kappa shape index (κ3) is 6.85. The van der Waals surface area contributed by atoms with Gasteiger partial charge < -0.3 is 14.2 Å². The van der Waals surface area contributed by atoms with Crippen LogP contribution < -0.4 is 14.9 Å². The number of halogens is 1. The molecule has 8 heteroatoms. The molecule has 32 heavy (non-hydrogen) atoms. The van der Waals surface area contributed by atoms with E-state index >= 15 is 0 Å². The van der Waals surface area contributed by atoms with Gasteiger partial charge in [-0.3, -0.25) is 0 Å². The predicted octanol–water partition coefficient (Wildman–Crippen LogP) is 5.22. The second-order valence-electron chi connectivity index (χ2n) is 6.47. The van der Waals surface area contributed by atoms with E-state index in [9.17, 15) is 9.59 Å². The van der Waals surface area contributed by atoms with Crippen molar-refractivity contribution in [3.63, 3.8) is 0 Å². The van der Waals surface area contributed by atoms with Crippen LogP contribution in [0.5, 0.6) is 11.5 Å². The van der Waals surface area contributed by atoms with E-state index in [0.717, 1.165) is 5.56 Å². The molecule has 164 valence electrons. The molecular weight excluding hydrogens is 432 g/mol. The van der Waals surface area contributed by atoms with Gasteiger partial charge in [-0.15, -0.1) is 0 Å². The van der Waals surface area contributed by atoms with E-state index in [1.165, 1.54) is 6.21 Å². The molecule has 0 atom stereocenters. The molecule has 0 saturated carbocycles. The van der Waals surface area contributed by atoms with E-state index in [2.05, 4.69) is 10.5 Å². The molecule has 0 unspecified atom stereocenters. The minimum atomic E-state index is -0.677. The molecule has 1 amide bonds. The van der Waals surface area contributed by atoms with Crippen molar-refractivity contribution in [2.45, 2.75) is 13.5 Å². The molecule has 0 aliphatic carbocycles. The van der Waals surface area contributed by atoms with Crippen LogP contribution in [-0.2, 0) is 11.3 Å². The maximum Gasteiger partial charge on any atom is 0.428 e. The standard InChI is InChI=1S/C24H21ClN2O5/c1-2-30-22-14-18(15-26-27-24(29)31-16-17-6-4-3-5-7-17)8-13-21(22)32-23(28)19-9-11-20(25)12-10-19/h3-15H,2,16H2,1H3,(H,27,29)/b26-15+. The molecule has 1 N–H and O–H groups in total. The van der Waals surface area contributed by atoms with Gasteiger partial charge in [-0.05, 0) is 60.5 Å². The van der Waals surface area contributed by atoms with Crippen LogP contribution in [0.25, 0.3) is 0 Å². The van der Waals surface area contributed by atoms with Crippen LogP contribution in [0.2, 0.25) is 5.02 Å². The quantitative estimate of drug-likeness (QED) is 0.219. The largest absolute Gasteiger partial charge is 0.490 e. The second kappa shape index (κ2) is 11.5. The normalized spacial score (nSPS) is 10.6. The van der Waals surface area contributed by atoms with Crippen molar-refractivity contribution in [1.29, 1.82) is 0 Å². The van der Waals surface area contributed by atoms with E-state index in [0.29, 0.717) is 28.5 Å². The fourth-order valence-corrected chi connectivity index (χ4v) is 2.74. The summed E-state index contributed by atoms with van der Waals surface area (Å²) in [6.45, 7) is 2.33. The Hall–Kier alpha value is -3.84. The number of benzene rings is 3. The number of carbonyl (C=O) groups excluding carboxylic acids is 2. The summed E-state index contributed by atoms with van der Waals surface area (Å²) in [6, 6.07) is 20.6. The van der Waals surface area contributed by atoms with Gasteiger partial charge in [0.25, 0.3) is 0 Å². The average Bonchev–Trinajstić information content (AvgIpc) is 2.80. The summed E-state index contributed by atoms with van der Waals surface area (Å²) in [4.78, 5) is 24.1. The number of hydrogen-bond acceptors (Lipinski definition) is 6. The number of hydrogen-bond donors (Lipinski definition) is 1. The molecule has 3 aromatic rings. The van der Waals surface area contributed by atoms with Crippen LogP contribution in [0, 0.1) is 0 Å². The molecule has 0 fully saturated rings. The lowest BCUT2D eigenvalue weighted by Crippen LogP contribution is -2.18. The van der Waals surface area contributed by atoms with E-state index < -0.39 is 12.1 Å². The Morgan fingerprint density at radius 2 is 1.75 bits per heavy atom.